The molecule has 186 valence electrons. The molecule has 1 saturated carbocycles. The highest BCUT2D eigenvalue weighted by molar-refractivity contribution is 5.95. The molecule has 3 aromatic heterocycles. The van der Waals surface area contributed by atoms with Crippen LogP contribution < -0.4 is 10.1 Å². The van der Waals surface area contributed by atoms with Crippen molar-refractivity contribution in [3.8, 4) is 22.7 Å². The molecular weight excluding hydrogens is 461 g/mol. The van der Waals surface area contributed by atoms with Gasteiger partial charge >= 0.3 is 0 Å². The first kappa shape index (κ1) is 22.7. The summed E-state index contributed by atoms with van der Waals surface area (Å²) in [5.41, 5.74) is 5.04. The van der Waals surface area contributed by atoms with Crippen LogP contribution in [0.5, 0.6) is 5.75 Å². The van der Waals surface area contributed by atoms with Crippen LogP contribution >= 0.6 is 0 Å². The molecule has 2 aliphatic rings. The number of fused-ring (bicyclic) bond motifs is 1. The second-order valence-electron chi connectivity index (χ2n) is 9.60. The molecule has 0 spiro atoms. The maximum atomic E-state index is 14.6. The fourth-order valence-electron chi connectivity index (χ4n) is 4.89. The van der Waals surface area contributed by atoms with Crippen molar-refractivity contribution in [3.63, 3.8) is 0 Å². The third-order valence-corrected chi connectivity index (χ3v) is 7.09. The number of benzene rings is 1. The number of aryl methyl sites for hydroxylation is 1. The third-order valence-electron chi connectivity index (χ3n) is 7.09. The van der Waals surface area contributed by atoms with Crippen LogP contribution in [0, 0.1) is 12.7 Å². The van der Waals surface area contributed by atoms with E-state index in [2.05, 4.69) is 26.0 Å². The van der Waals surface area contributed by atoms with Crippen LogP contribution in [0.3, 0.4) is 0 Å². The van der Waals surface area contributed by atoms with E-state index < -0.39 is 5.82 Å². The lowest BCUT2D eigenvalue weighted by Gasteiger charge is -2.24. The fourth-order valence-corrected chi connectivity index (χ4v) is 4.89. The zero-order valence-electron chi connectivity index (χ0n) is 20.3. The summed E-state index contributed by atoms with van der Waals surface area (Å²) in [6.45, 7) is 3.29. The molecule has 0 atom stereocenters. The number of rotatable bonds is 6. The maximum absolute atomic E-state index is 14.6. The fraction of sp³-hybridized carbons (Fsp3) is 0.370. The predicted molar refractivity (Wildman–Crippen MR) is 132 cm³/mol. The van der Waals surface area contributed by atoms with E-state index in [1.165, 1.54) is 6.07 Å². The predicted octanol–water partition coefficient (Wildman–Crippen LogP) is 4.43. The van der Waals surface area contributed by atoms with Gasteiger partial charge < -0.3 is 14.8 Å². The van der Waals surface area contributed by atoms with Crippen molar-refractivity contribution in [1.29, 1.82) is 0 Å². The van der Waals surface area contributed by atoms with Crippen molar-refractivity contribution < 1.29 is 18.7 Å². The molecule has 1 aliphatic heterocycles. The third kappa shape index (κ3) is 4.13. The Bertz CT molecular complexity index is 1450. The topological polar surface area (TPSA) is 82.7 Å². The van der Waals surface area contributed by atoms with Gasteiger partial charge in [-0.2, -0.15) is 5.10 Å². The van der Waals surface area contributed by atoms with Gasteiger partial charge in [0.25, 0.3) is 5.91 Å². The first-order chi connectivity index (χ1) is 17.5. The molecular formula is C27H28FN5O3. The van der Waals surface area contributed by atoms with Crippen LogP contribution in [0.25, 0.3) is 22.6 Å². The number of nitrogens with zero attached hydrogens (tertiary/aromatic N) is 4. The number of amides is 1. The van der Waals surface area contributed by atoms with Gasteiger partial charge in [-0.3, -0.25) is 9.20 Å². The van der Waals surface area contributed by atoms with Crippen LogP contribution in [0.2, 0.25) is 0 Å². The highest BCUT2D eigenvalue weighted by Crippen LogP contribution is 2.35. The Balaban J connectivity index is 1.37. The Kier molecular flexibility index (Phi) is 5.72. The molecule has 1 aliphatic carbocycles. The lowest BCUT2D eigenvalue weighted by Crippen LogP contribution is -2.26. The van der Waals surface area contributed by atoms with Crippen molar-refractivity contribution in [1.82, 2.24) is 24.5 Å². The number of pyridine rings is 1. The van der Waals surface area contributed by atoms with E-state index in [0.29, 0.717) is 17.2 Å². The minimum atomic E-state index is -0.529. The maximum Gasteiger partial charge on any atom is 0.254 e. The summed E-state index contributed by atoms with van der Waals surface area (Å²) >= 11 is 0. The minimum Gasteiger partial charge on any atom is -0.496 e. The van der Waals surface area contributed by atoms with Gasteiger partial charge in [-0.1, -0.05) is 0 Å². The minimum absolute atomic E-state index is 0.0301. The quantitative estimate of drug-likeness (QED) is 0.433. The molecule has 0 unspecified atom stereocenters. The Labute approximate surface area is 208 Å². The van der Waals surface area contributed by atoms with E-state index in [1.54, 1.807) is 24.1 Å². The number of imidazole rings is 1. The van der Waals surface area contributed by atoms with Crippen LogP contribution in [0.15, 0.2) is 43.0 Å². The largest absolute Gasteiger partial charge is 0.496 e. The summed E-state index contributed by atoms with van der Waals surface area (Å²) in [6, 6.07) is 5.08. The molecule has 1 amide bonds. The molecule has 2 fully saturated rings. The van der Waals surface area contributed by atoms with E-state index in [9.17, 15) is 9.18 Å². The zero-order valence-corrected chi connectivity index (χ0v) is 20.3. The van der Waals surface area contributed by atoms with E-state index in [4.69, 9.17) is 9.47 Å². The Morgan fingerprint density at radius 3 is 2.69 bits per heavy atom. The van der Waals surface area contributed by atoms with Crippen LogP contribution in [-0.2, 0) is 4.74 Å². The Morgan fingerprint density at radius 2 is 1.94 bits per heavy atom. The number of aromatic nitrogens is 4. The molecule has 1 N–H and O–H groups in total. The van der Waals surface area contributed by atoms with Gasteiger partial charge in [0.1, 0.15) is 17.2 Å². The molecule has 0 bridgehead atoms. The second-order valence-corrected chi connectivity index (χ2v) is 9.60. The van der Waals surface area contributed by atoms with Gasteiger partial charge in [-0.25, -0.2) is 14.1 Å². The zero-order chi connectivity index (χ0) is 24.8. The summed E-state index contributed by atoms with van der Waals surface area (Å²) < 4.78 is 29.6. The van der Waals surface area contributed by atoms with Crippen LogP contribution in [0.4, 0.5) is 4.39 Å². The van der Waals surface area contributed by atoms with Crippen LogP contribution in [-0.4, -0.2) is 51.4 Å². The number of halogens is 1. The first-order valence-corrected chi connectivity index (χ1v) is 12.3. The second kappa shape index (κ2) is 9.05. The first-order valence-electron chi connectivity index (χ1n) is 12.3. The van der Waals surface area contributed by atoms with Crippen molar-refractivity contribution in [2.45, 2.75) is 44.6 Å². The molecule has 9 heteroatoms. The lowest BCUT2D eigenvalue weighted by molar-refractivity contribution is 0.0847. The smallest absolute Gasteiger partial charge is 0.254 e. The van der Waals surface area contributed by atoms with Crippen molar-refractivity contribution >= 4 is 11.6 Å². The normalized spacial score (nSPS) is 16.4. The number of ether oxygens (including phenoxy) is 2. The van der Waals surface area contributed by atoms with E-state index >= 15 is 0 Å². The number of carbonyl (C=O) groups is 1. The molecule has 4 aromatic rings. The van der Waals surface area contributed by atoms with Gasteiger partial charge in [-0.15, -0.1) is 0 Å². The summed E-state index contributed by atoms with van der Waals surface area (Å²) in [5, 5.41) is 7.40. The summed E-state index contributed by atoms with van der Waals surface area (Å²) in [6.07, 6.45) is 11.3. The monoisotopic (exact) mass is 489 g/mol. The van der Waals surface area contributed by atoms with Crippen LogP contribution in [0.1, 0.15) is 53.1 Å². The van der Waals surface area contributed by atoms with Crippen molar-refractivity contribution in [3.05, 3.63) is 65.5 Å². The van der Waals surface area contributed by atoms with Gasteiger partial charge in [0.15, 0.2) is 0 Å². The average Bonchev–Trinajstić information content (AvgIpc) is 3.40. The summed E-state index contributed by atoms with van der Waals surface area (Å²) in [5.74, 6) is 0.275. The van der Waals surface area contributed by atoms with E-state index in [-0.39, 0.29) is 17.5 Å². The van der Waals surface area contributed by atoms with Crippen molar-refractivity contribution in [2.75, 3.05) is 20.3 Å². The van der Waals surface area contributed by atoms with Crippen molar-refractivity contribution in [2.24, 2.45) is 0 Å². The van der Waals surface area contributed by atoms with Gasteiger partial charge in [0.05, 0.1) is 36.4 Å². The number of carbonyl (C=O) groups excluding carboxylic acids is 1. The SMILES string of the molecule is COc1cc2ncc(-c3cnn(-c4cc(C(=O)NC5CC5)c(F)cc4C)c3)n2cc1C1CCOCC1. The average molecular weight is 490 g/mol. The number of hydrogen-bond acceptors (Lipinski definition) is 5. The van der Waals surface area contributed by atoms with Gasteiger partial charge in [0, 0.05) is 48.8 Å². The highest BCUT2D eigenvalue weighted by Gasteiger charge is 2.26. The lowest BCUT2D eigenvalue weighted by atomic mass is 9.92. The molecule has 8 nitrogen and oxygen atoms in total. The Morgan fingerprint density at radius 1 is 1.14 bits per heavy atom. The highest BCUT2D eigenvalue weighted by atomic mass is 19.1. The number of nitrogens with one attached hydrogen (secondary N) is 1. The molecule has 6 rings (SSSR count). The summed E-state index contributed by atoms with van der Waals surface area (Å²) in [4.78, 5) is 17.1. The molecule has 1 saturated heterocycles. The molecule has 1 aromatic carbocycles. The van der Waals surface area contributed by atoms with Gasteiger partial charge in [0.2, 0.25) is 0 Å². The molecule has 36 heavy (non-hydrogen) atoms. The molecule has 4 heterocycles. The van der Waals surface area contributed by atoms with Gasteiger partial charge in [-0.05, 0) is 56.2 Å². The Hall–Kier alpha value is -3.72. The number of hydrogen-bond donors (Lipinski definition) is 1. The standard InChI is InChI=1S/C27H28FN5O3/c1-16-9-22(28)20(27(34)31-19-3-4-19)10-23(16)33-14-18(12-30-33)24-13-29-26-11-25(35-2)21(15-32(24)26)17-5-7-36-8-6-17/h9-15,17,19H,3-8H2,1-2H3,(H,31,34). The molecule has 0 radical (unpaired) electrons. The summed E-state index contributed by atoms with van der Waals surface area (Å²) in [7, 11) is 1.69. The van der Waals surface area contributed by atoms with E-state index in [1.807, 2.05) is 25.4 Å². The van der Waals surface area contributed by atoms with E-state index in [0.717, 1.165) is 67.1 Å². The number of methoxy groups -OCH3 is 1.